The average Bonchev–Trinajstić information content (AvgIpc) is 2.20. The third kappa shape index (κ3) is 3.62. The summed E-state index contributed by atoms with van der Waals surface area (Å²) in [5.74, 6) is -0.465. The predicted octanol–water partition coefficient (Wildman–Crippen LogP) is 1.17. The maximum atomic E-state index is 13.3. The van der Waals surface area contributed by atoms with Gasteiger partial charge in [0.2, 0.25) is 5.91 Å². The van der Waals surface area contributed by atoms with Gasteiger partial charge in [-0.3, -0.25) is 4.79 Å². The van der Waals surface area contributed by atoms with E-state index in [2.05, 4.69) is 0 Å². The fourth-order valence-corrected chi connectivity index (χ4v) is 1.47. The molecule has 0 aliphatic rings. The summed E-state index contributed by atoms with van der Waals surface area (Å²) in [5.41, 5.74) is 6.01. The largest absolute Gasteiger partial charge is 0.344 e. The van der Waals surface area contributed by atoms with Crippen molar-refractivity contribution < 1.29 is 9.18 Å². The van der Waals surface area contributed by atoms with Crippen LogP contribution in [0, 0.1) is 5.82 Å². The van der Waals surface area contributed by atoms with Crippen molar-refractivity contribution in [2.24, 2.45) is 5.73 Å². The smallest absolute Gasteiger partial charge is 0.226 e. The molecule has 1 atom stereocenters. The van der Waals surface area contributed by atoms with Crippen molar-refractivity contribution in [3.05, 3.63) is 35.6 Å². The van der Waals surface area contributed by atoms with Crippen LogP contribution in [-0.2, 0) is 11.2 Å². The molecule has 1 rings (SSSR count). The third-order valence-electron chi connectivity index (χ3n) is 2.29. The summed E-state index contributed by atoms with van der Waals surface area (Å²) in [7, 11) is 1.67. The molecule has 16 heavy (non-hydrogen) atoms. The summed E-state index contributed by atoms with van der Waals surface area (Å²) in [6.45, 7) is 2.31. The van der Waals surface area contributed by atoms with Crippen LogP contribution >= 0.6 is 0 Å². The number of nitrogens with zero attached hydrogens (tertiary/aromatic N) is 1. The SMILES string of the molecule is CC(N)CN(C)C(=O)Cc1ccccc1F. The summed E-state index contributed by atoms with van der Waals surface area (Å²) < 4.78 is 13.3. The second-order valence-electron chi connectivity index (χ2n) is 4.02. The predicted molar refractivity (Wildman–Crippen MR) is 61.4 cm³/mol. The molecule has 1 aromatic rings. The van der Waals surface area contributed by atoms with Crippen molar-refractivity contribution in [2.45, 2.75) is 19.4 Å². The van der Waals surface area contributed by atoms with E-state index in [1.807, 2.05) is 6.92 Å². The molecule has 0 aliphatic heterocycles. The number of halogens is 1. The van der Waals surface area contributed by atoms with E-state index in [4.69, 9.17) is 5.73 Å². The molecule has 1 aromatic carbocycles. The summed E-state index contributed by atoms with van der Waals surface area (Å²) in [4.78, 5) is 13.2. The molecule has 2 N–H and O–H groups in total. The Hall–Kier alpha value is -1.42. The Kier molecular flexibility index (Phi) is 4.43. The van der Waals surface area contributed by atoms with E-state index in [0.29, 0.717) is 12.1 Å². The van der Waals surface area contributed by atoms with Crippen molar-refractivity contribution in [1.29, 1.82) is 0 Å². The van der Waals surface area contributed by atoms with Gasteiger partial charge in [-0.2, -0.15) is 0 Å². The maximum Gasteiger partial charge on any atom is 0.226 e. The number of likely N-dealkylation sites (N-methyl/N-ethyl adjacent to an activating group) is 1. The summed E-state index contributed by atoms with van der Waals surface area (Å²) in [6, 6.07) is 6.22. The molecule has 3 nitrogen and oxygen atoms in total. The zero-order valence-electron chi connectivity index (χ0n) is 9.61. The van der Waals surface area contributed by atoms with E-state index < -0.39 is 0 Å². The van der Waals surface area contributed by atoms with E-state index in [1.165, 1.54) is 11.0 Å². The molecule has 88 valence electrons. The van der Waals surface area contributed by atoms with Crippen LogP contribution in [0.3, 0.4) is 0 Å². The van der Waals surface area contributed by atoms with E-state index in [-0.39, 0.29) is 24.2 Å². The van der Waals surface area contributed by atoms with Crippen LogP contribution in [0.5, 0.6) is 0 Å². The van der Waals surface area contributed by atoms with E-state index in [1.54, 1.807) is 25.2 Å². The molecule has 0 aromatic heterocycles. The Bertz CT molecular complexity index is 366. The number of rotatable bonds is 4. The Morgan fingerprint density at radius 2 is 2.12 bits per heavy atom. The lowest BCUT2D eigenvalue weighted by atomic mass is 10.1. The van der Waals surface area contributed by atoms with Gasteiger partial charge in [0.15, 0.2) is 0 Å². The van der Waals surface area contributed by atoms with Gasteiger partial charge in [-0.25, -0.2) is 4.39 Å². The van der Waals surface area contributed by atoms with Gasteiger partial charge in [0.05, 0.1) is 6.42 Å². The fourth-order valence-electron chi connectivity index (χ4n) is 1.47. The van der Waals surface area contributed by atoms with Crippen LogP contribution in [0.25, 0.3) is 0 Å². The molecule has 0 bridgehead atoms. The minimum atomic E-state index is -0.343. The molecule has 0 aliphatic carbocycles. The van der Waals surface area contributed by atoms with Crippen LogP contribution in [0.15, 0.2) is 24.3 Å². The molecule has 0 saturated heterocycles. The highest BCUT2D eigenvalue weighted by atomic mass is 19.1. The molecular weight excluding hydrogens is 207 g/mol. The van der Waals surface area contributed by atoms with E-state index >= 15 is 0 Å². The Balaban J connectivity index is 2.61. The van der Waals surface area contributed by atoms with Gasteiger partial charge in [0.25, 0.3) is 0 Å². The van der Waals surface area contributed by atoms with Crippen molar-refractivity contribution in [1.82, 2.24) is 4.90 Å². The first-order valence-electron chi connectivity index (χ1n) is 5.23. The molecule has 4 heteroatoms. The first-order valence-corrected chi connectivity index (χ1v) is 5.23. The highest BCUT2D eigenvalue weighted by Gasteiger charge is 2.12. The molecule has 0 heterocycles. The van der Waals surface area contributed by atoms with Crippen LogP contribution in [-0.4, -0.2) is 30.4 Å². The second-order valence-corrected chi connectivity index (χ2v) is 4.02. The van der Waals surface area contributed by atoms with Gasteiger partial charge in [-0.1, -0.05) is 18.2 Å². The third-order valence-corrected chi connectivity index (χ3v) is 2.29. The minimum absolute atomic E-state index is 0.0745. The minimum Gasteiger partial charge on any atom is -0.344 e. The van der Waals surface area contributed by atoms with Gasteiger partial charge in [0, 0.05) is 19.6 Å². The van der Waals surface area contributed by atoms with E-state index in [9.17, 15) is 9.18 Å². The van der Waals surface area contributed by atoms with Crippen molar-refractivity contribution in [2.75, 3.05) is 13.6 Å². The molecule has 0 fully saturated rings. The van der Waals surface area contributed by atoms with Crippen molar-refractivity contribution in [3.8, 4) is 0 Å². The summed E-state index contributed by atoms with van der Waals surface area (Å²) >= 11 is 0. The van der Waals surface area contributed by atoms with Gasteiger partial charge in [0.1, 0.15) is 5.82 Å². The Labute approximate surface area is 95.0 Å². The quantitative estimate of drug-likeness (QED) is 0.834. The Morgan fingerprint density at radius 1 is 1.50 bits per heavy atom. The lowest BCUT2D eigenvalue weighted by Crippen LogP contribution is -2.37. The standard InChI is InChI=1S/C12H17FN2O/c1-9(14)8-15(2)12(16)7-10-5-3-4-6-11(10)13/h3-6,9H,7-8,14H2,1-2H3. The van der Waals surface area contributed by atoms with Crippen molar-refractivity contribution in [3.63, 3.8) is 0 Å². The first kappa shape index (κ1) is 12.6. The second kappa shape index (κ2) is 5.61. The first-order chi connectivity index (χ1) is 7.50. The molecule has 0 saturated carbocycles. The lowest BCUT2D eigenvalue weighted by molar-refractivity contribution is -0.129. The average molecular weight is 224 g/mol. The van der Waals surface area contributed by atoms with E-state index in [0.717, 1.165) is 0 Å². The van der Waals surface area contributed by atoms with Crippen LogP contribution in [0.2, 0.25) is 0 Å². The maximum absolute atomic E-state index is 13.3. The lowest BCUT2D eigenvalue weighted by Gasteiger charge is -2.19. The summed E-state index contributed by atoms with van der Waals surface area (Å²) in [6.07, 6.45) is 0.0793. The molecule has 1 unspecified atom stereocenters. The highest BCUT2D eigenvalue weighted by Crippen LogP contribution is 2.08. The number of carbonyl (C=O) groups excluding carboxylic acids is 1. The van der Waals surface area contributed by atoms with Crippen LogP contribution < -0.4 is 5.73 Å². The van der Waals surface area contributed by atoms with Gasteiger partial charge >= 0.3 is 0 Å². The highest BCUT2D eigenvalue weighted by molar-refractivity contribution is 5.78. The number of amides is 1. The zero-order chi connectivity index (χ0) is 12.1. The fraction of sp³-hybridized carbons (Fsp3) is 0.417. The monoisotopic (exact) mass is 224 g/mol. The van der Waals surface area contributed by atoms with Gasteiger partial charge in [-0.05, 0) is 18.6 Å². The molecule has 0 radical (unpaired) electrons. The number of hydrogen-bond donors (Lipinski definition) is 1. The molecule has 0 spiro atoms. The van der Waals surface area contributed by atoms with Crippen LogP contribution in [0.4, 0.5) is 4.39 Å². The van der Waals surface area contributed by atoms with Crippen LogP contribution in [0.1, 0.15) is 12.5 Å². The number of carbonyl (C=O) groups is 1. The zero-order valence-corrected chi connectivity index (χ0v) is 9.61. The number of benzene rings is 1. The molecular formula is C12H17FN2O. The molecule has 1 amide bonds. The Morgan fingerprint density at radius 3 is 2.69 bits per heavy atom. The normalized spacial score (nSPS) is 12.2. The topological polar surface area (TPSA) is 46.3 Å². The van der Waals surface area contributed by atoms with Gasteiger partial charge < -0.3 is 10.6 Å². The summed E-state index contributed by atoms with van der Waals surface area (Å²) in [5, 5.41) is 0. The van der Waals surface area contributed by atoms with Gasteiger partial charge in [-0.15, -0.1) is 0 Å². The van der Waals surface area contributed by atoms with Crippen molar-refractivity contribution >= 4 is 5.91 Å². The number of hydrogen-bond acceptors (Lipinski definition) is 2. The number of nitrogens with two attached hydrogens (primary N) is 1.